The first-order valence-electron chi connectivity index (χ1n) is 12.9. The molecule has 39 heavy (non-hydrogen) atoms. The highest BCUT2D eigenvalue weighted by Crippen LogP contribution is 2.29. The Morgan fingerprint density at radius 1 is 1.05 bits per heavy atom. The van der Waals surface area contributed by atoms with Crippen LogP contribution in [0.25, 0.3) is 0 Å². The van der Waals surface area contributed by atoms with E-state index in [9.17, 15) is 23.3 Å². The fourth-order valence-electron chi connectivity index (χ4n) is 5.07. The molecular weight excluding hydrogens is 517 g/mol. The van der Waals surface area contributed by atoms with Gasteiger partial charge in [0, 0.05) is 23.8 Å². The summed E-state index contributed by atoms with van der Waals surface area (Å²) < 4.78 is 53.9. The van der Waals surface area contributed by atoms with Gasteiger partial charge in [0.25, 0.3) is 0 Å². The van der Waals surface area contributed by atoms with Crippen LogP contribution in [0.2, 0.25) is 0 Å². The molecule has 1 saturated heterocycles. The van der Waals surface area contributed by atoms with Crippen LogP contribution in [0, 0.1) is 16.0 Å². The highest BCUT2D eigenvalue weighted by atomic mass is 19.4. The summed E-state index contributed by atoms with van der Waals surface area (Å²) in [6.07, 6.45) is 1.57. The fourth-order valence-corrected chi connectivity index (χ4v) is 5.07. The van der Waals surface area contributed by atoms with Crippen molar-refractivity contribution in [3.8, 4) is 17.5 Å². The molecule has 0 spiro atoms. The van der Waals surface area contributed by atoms with E-state index in [4.69, 9.17) is 9.47 Å². The average Bonchev–Trinajstić information content (AvgIpc) is 3.48. The molecule has 0 bridgehead atoms. The number of nitrogens with zero attached hydrogens (tertiary/aromatic N) is 4. The zero-order chi connectivity index (χ0) is 27.4. The number of ether oxygens (including phenoxy) is 3. The van der Waals surface area contributed by atoms with Crippen molar-refractivity contribution in [2.45, 2.75) is 51.1 Å². The number of alkyl halides is 3. The van der Waals surface area contributed by atoms with E-state index in [1.807, 2.05) is 24.3 Å². The normalized spacial score (nSPS) is 17.5. The lowest BCUT2D eigenvalue weighted by atomic mass is 9.90. The van der Waals surface area contributed by atoms with E-state index in [2.05, 4.69) is 14.6 Å². The Kier molecular flexibility index (Phi) is 7.80. The number of halogens is 3. The van der Waals surface area contributed by atoms with Gasteiger partial charge in [0.05, 0.1) is 6.54 Å². The van der Waals surface area contributed by atoms with Gasteiger partial charge in [-0.05, 0) is 84.9 Å². The predicted octanol–water partition coefficient (Wildman–Crippen LogP) is 5.77. The molecule has 3 aromatic rings. The lowest BCUT2D eigenvalue weighted by Crippen LogP contribution is -2.33. The second-order valence-corrected chi connectivity index (χ2v) is 9.85. The van der Waals surface area contributed by atoms with E-state index in [1.54, 1.807) is 16.7 Å². The SMILES string of the molecule is O=[N+]([O-])c1cn2c(n1)O[C@@H](COc1ccc(N3CCC(CCCc4ccc(OC(F)(F)F)cc4)CC3)cc1)C2. The van der Waals surface area contributed by atoms with Gasteiger partial charge in [-0.3, -0.25) is 4.57 Å². The number of piperidine rings is 1. The van der Waals surface area contributed by atoms with Crippen molar-refractivity contribution in [3.05, 3.63) is 70.4 Å². The molecule has 0 radical (unpaired) electrons. The second kappa shape index (κ2) is 11.4. The van der Waals surface area contributed by atoms with Gasteiger partial charge >= 0.3 is 18.2 Å². The molecule has 2 aliphatic heterocycles. The molecule has 5 rings (SSSR count). The zero-order valence-electron chi connectivity index (χ0n) is 21.2. The maximum atomic E-state index is 12.3. The van der Waals surface area contributed by atoms with E-state index in [0.717, 1.165) is 62.2 Å². The first kappa shape index (κ1) is 26.6. The number of hydrogen-bond donors (Lipinski definition) is 0. The summed E-state index contributed by atoms with van der Waals surface area (Å²) >= 11 is 0. The van der Waals surface area contributed by atoms with Crippen LogP contribution in [0.15, 0.2) is 54.7 Å². The van der Waals surface area contributed by atoms with Gasteiger partial charge in [0.15, 0.2) is 6.10 Å². The van der Waals surface area contributed by atoms with Gasteiger partial charge in [0.2, 0.25) is 0 Å². The van der Waals surface area contributed by atoms with E-state index >= 15 is 0 Å². The summed E-state index contributed by atoms with van der Waals surface area (Å²) in [6, 6.07) is 14.3. The summed E-state index contributed by atoms with van der Waals surface area (Å²) in [5.74, 6) is 0.950. The van der Waals surface area contributed by atoms with Crippen LogP contribution in [0.5, 0.6) is 17.5 Å². The van der Waals surface area contributed by atoms with Crippen molar-refractivity contribution in [2.75, 3.05) is 24.6 Å². The largest absolute Gasteiger partial charge is 0.573 e. The van der Waals surface area contributed by atoms with E-state index in [-0.39, 0.29) is 23.7 Å². The van der Waals surface area contributed by atoms with Crippen molar-refractivity contribution < 1.29 is 32.3 Å². The summed E-state index contributed by atoms with van der Waals surface area (Å²) in [5, 5.41) is 10.8. The quantitative estimate of drug-likeness (QED) is 0.236. The summed E-state index contributed by atoms with van der Waals surface area (Å²) in [5.41, 5.74) is 2.16. The third kappa shape index (κ3) is 7.12. The number of rotatable bonds is 10. The Morgan fingerprint density at radius 2 is 1.74 bits per heavy atom. The Labute approximate surface area is 223 Å². The monoisotopic (exact) mass is 546 g/mol. The second-order valence-electron chi connectivity index (χ2n) is 9.85. The number of benzene rings is 2. The highest BCUT2D eigenvalue weighted by molar-refractivity contribution is 5.49. The van der Waals surface area contributed by atoms with Gasteiger partial charge in [-0.25, -0.2) is 0 Å². The predicted molar refractivity (Wildman–Crippen MR) is 136 cm³/mol. The zero-order valence-corrected chi connectivity index (χ0v) is 21.2. The van der Waals surface area contributed by atoms with Gasteiger partial charge in [-0.1, -0.05) is 12.1 Å². The Bertz CT molecular complexity index is 1230. The first-order valence-corrected chi connectivity index (χ1v) is 12.9. The molecule has 3 heterocycles. The molecule has 1 fully saturated rings. The number of anilines is 1. The van der Waals surface area contributed by atoms with Gasteiger partial charge < -0.3 is 29.2 Å². The molecule has 12 heteroatoms. The standard InChI is InChI=1S/C27H29F3N4O5/c28-27(29,30)39-23-8-4-19(5-9-23)2-1-3-20-12-14-32(15-13-20)21-6-10-22(11-7-21)37-18-24-16-33-17-25(34(35)36)31-26(33)38-24/h4-11,17,20,24H,1-3,12-16,18H2/t24-/m1/s1. The fraction of sp³-hybridized carbons (Fsp3) is 0.444. The minimum absolute atomic E-state index is 0.190. The smallest absolute Gasteiger partial charge is 0.490 e. The van der Waals surface area contributed by atoms with Crippen LogP contribution in [-0.4, -0.2) is 46.6 Å². The molecule has 0 unspecified atom stereocenters. The molecule has 0 saturated carbocycles. The van der Waals surface area contributed by atoms with Gasteiger partial charge in [-0.2, -0.15) is 0 Å². The van der Waals surface area contributed by atoms with E-state index in [1.165, 1.54) is 18.3 Å². The van der Waals surface area contributed by atoms with Crippen LogP contribution in [0.1, 0.15) is 31.2 Å². The molecule has 0 N–H and O–H groups in total. The van der Waals surface area contributed by atoms with Crippen molar-refractivity contribution in [1.82, 2.24) is 9.55 Å². The Morgan fingerprint density at radius 3 is 2.38 bits per heavy atom. The minimum atomic E-state index is -4.67. The number of hydrogen-bond acceptors (Lipinski definition) is 7. The highest BCUT2D eigenvalue weighted by Gasteiger charge is 2.32. The third-order valence-electron chi connectivity index (χ3n) is 7.07. The van der Waals surface area contributed by atoms with E-state index in [0.29, 0.717) is 19.1 Å². The molecule has 9 nitrogen and oxygen atoms in total. The maximum absolute atomic E-state index is 12.3. The number of aryl methyl sites for hydroxylation is 1. The van der Waals surface area contributed by atoms with Crippen molar-refractivity contribution in [1.29, 1.82) is 0 Å². The van der Waals surface area contributed by atoms with Gasteiger partial charge in [0.1, 0.15) is 24.3 Å². The number of nitro groups is 1. The summed E-state index contributed by atoms with van der Waals surface area (Å²) in [7, 11) is 0. The minimum Gasteiger partial charge on any atom is -0.490 e. The Hall–Kier alpha value is -3.96. The molecule has 2 aromatic carbocycles. The van der Waals surface area contributed by atoms with Crippen molar-refractivity contribution >= 4 is 11.5 Å². The lowest BCUT2D eigenvalue weighted by Gasteiger charge is -2.33. The molecule has 1 atom stereocenters. The summed E-state index contributed by atoms with van der Waals surface area (Å²) in [4.78, 5) is 16.5. The summed E-state index contributed by atoms with van der Waals surface area (Å²) in [6.45, 7) is 2.71. The van der Waals surface area contributed by atoms with Crippen molar-refractivity contribution in [3.63, 3.8) is 0 Å². The lowest BCUT2D eigenvalue weighted by molar-refractivity contribution is -0.389. The molecule has 0 aliphatic carbocycles. The Balaban J connectivity index is 0.996. The molecular formula is C27H29F3N4O5. The van der Waals surface area contributed by atoms with Gasteiger partial charge in [-0.15, -0.1) is 13.2 Å². The van der Waals surface area contributed by atoms with Crippen LogP contribution in [-0.2, 0) is 13.0 Å². The maximum Gasteiger partial charge on any atom is 0.573 e. The number of fused-ring (bicyclic) bond motifs is 1. The van der Waals surface area contributed by atoms with Crippen LogP contribution in [0.4, 0.5) is 24.7 Å². The molecule has 208 valence electrons. The van der Waals surface area contributed by atoms with Crippen LogP contribution in [0.3, 0.4) is 0 Å². The third-order valence-corrected chi connectivity index (χ3v) is 7.07. The number of aromatic nitrogens is 2. The molecule has 0 amide bonds. The topological polar surface area (TPSA) is 91.9 Å². The molecule has 1 aromatic heterocycles. The molecule has 2 aliphatic rings. The van der Waals surface area contributed by atoms with E-state index < -0.39 is 11.3 Å². The van der Waals surface area contributed by atoms with Crippen molar-refractivity contribution in [2.24, 2.45) is 5.92 Å². The van der Waals surface area contributed by atoms with Crippen LogP contribution < -0.4 is 19.1 Å². The van der Waals surface area contributed by atoms with Crippen LogP contribution >= 0.6 is 0 Å². The number of imidazole rings is 1. The average molecular weight is 547 g/mol. The first-order chi connectivity index (χ1) is 18.7.